The molecule has 2 heterocycles. The van der Waals surface area contributed by atoms with E-state index < -0.39 is 0 Å². The number of pyridine rings is 1. The largest absolute Gasteiger partial charge is 0.237 e. The molecule has 2 aromatic rings. The maximum absolute atomic E-state index is 4.36. The number of hydrogen-bond acceptors (Lipinski definition) is 2. The fourth-order valence-corrected chi connectivity index (χ4v) is 1.70. The van der Waals surface area contributed by atoms with E-state index >= 15 is 0 Å². The van der Waals surface area contributed by atoms with Crippen LogP contribution in [0.2, 0.25) is 0 Å². The average molecular weight is 231 g/mol. The third-order valence-electron chi connectivity index (χ3n) is 2.54. The Kier molecular flexibility index (Phi) is 4.88. The summed E-state index contributed by atoms with van der Waals surface area (Å²) in [6.07, 6.45) is 3.71. The monoisotopic (exact) mass is 231 g/mol. The average Bonchev–Trinajstić information content (AvgIpc) is 2.75. The van der Waals surface area contributed by atoms with E-state index in [0.717, 1.165) is 5.82 Å². The molecule has 0 aliphatic heterocycles. The van der Waals surface area contributed by atoms with Gasteiger partial charge in [0.2, 0.25) is 0 Å². The Morgan fingerprint density at radius 2 is 1.88 bits per heavy atom. The van der Waals surface area contributed by atoms with Crippen molar-refractivity contribution in [2.75, 3.05) is 0 Å². The van der Waals surface area contributed by atoms with Gasteiger partial charge in [0, 0.05) is 11.9 Å². The molecule has 0 saturated carbocycles. The van der Waals surface area contributed by atoms with E-state index in [1.165, 1.54) is 11.3 Å². The van der Waals surface area contributed by atoms with Crippen molar-refractivity contribution in [3.63, 3.8) is 0 Å². The molecule has 3 nitrogen and oxygen atoms in total. The van der Waals surface area contributed by atoms with Gasteiger partial charge in [-0.25, -0.2) is 9.67 Å². The molecule has 3 heteroatoms. The van der Waals surface area contributed by atoms with Crippen LogP contribution in [0, 0.1) is 6.92 Å². The summed E-state index contributed by atoms with van der Waals surface area (Å²) in [4.78, 5) is 4.28. The van der Waals surface area contributed by atoms with Crippen LogP contribution in [0.15, 0.2) is 30.6 Å². The molecule has 92 valence electrons. The van der Waals surface area contributed by atoms with Gasteiger partial charge in [-0.05, 0) is 30.5 Å². The molecule has 0 saturated heterocycles. The van der Waals surface area contributed by atoms with Crippen molar-refractivity contribution in [3.8, 4) is 5.82 Å². The molecule has 0 aliphatic carbocycles. The zero-order chi connectivity index (χ0) is 12.8. The quantitative estimate of drug-likeness (QED) is 0.788. The van der Waals surface area contributed by atoms with E-state index in [-0.39, 0.29) is 0 Å². The molecule has 0 atom stereocenters. The highest BCUT2D eigenvalue weighted by Crippen LogP contribution is 2.19. The summed E-state index contributed by atoms with van der Waals surface area (Å²) in [7, 11) is 0. The lowest BCUT2D eigenvalue weighted by molar-refractivity contribution is 0.803. The lowest BCUT2D eigenvalue weighted by Crippen LogP contribution is -2.01. The third-order valence-corrected chi connectivity index (χ3v) is 2.54. The van der Waals surface area contributed by atoms with Gasteiger partial charge in [-0.2, -0.15) is 5.10 Å². The number of nitrogens with zero attached hydrogens (tertiary/aromatic N) is 3. The first-order valence-electron chi connectivity index (χ1n) is 6.16. The summed E-state index contributed by atoms with van der Waals surface area (Å²) in [6, 6.07) is 5.84. The normalized spacial score (nSPS) is 10.0. The van der Waals surface area contributed by atoms with Crippen LogP contribution in [0.3, 0.4) is 0 Å². The molecule has 0 radical (unpaired) electrons. The zero-order valence-corrected chi connectivity index (χ0v) is 11.3. The minimum Gasteiger partial charge on any atom is -0.237 e. The topological polar surface area (TPSA) is 30.7 Å². The van der Waals surface area contributed by atoms with Crippen molar-refractivity contribution in [2.24, 2.45) is 0 Å². The fourth-order valence-electron chi connectivity index (χ4n) is 1.70. The molecule has 2 rings (SSSR count). The maximum atomic E-state index is 4.36. The minimum absolute atomic E-state index is 0.502. The van der Waals surface area contributed by atoms with Crippen LogP contribution in [0.25, 0.3) is 5.82 Å². The van der Waals surface area contributed by atoms with E-state index in [1.807, 2.05) is 42.9 Å². The van der Waals surface area contributed by atoms with E-state index in [1.54, 1.807) is 6.20 Å². The SMILES string of the molecule is CC.Cc1c(C(C)C)cnn1-c1ccccn1. The van der Waals surface area contributed by atoms with Crippen molar-refractivity contribution in [3.05, 3.63) is 41.9 Å². The molecule has 0 spiro atoms. The van der Waals surface area contributed by atoms with Crippen LogP contribution < -0.4 is 0 Å². The molecule has 0 fully saturated rings. The lowest BCUT2D eigenvalue weighted by atomic mass is 10.1. The first kappa shape index (κ1) is 13.4. The summed E-state index contributed by atoms with van der Waals surface area (Å²) < 4.78 is 1.88. The number of rotatable bonds is 2. The molecule has 0 aliphatic rings. The maximum Gasteiger partial charge on any atom is 0.153 e. The first-order chi connectivity index (χ1) is 8.20. The Morgan fingerprint density at radius 1 is 1.18 bits per heavy atom. The molecule has 0 amide bonds. The summed E-state index contributed by atoms with van der Waals surface area (Å²) in [5.41, 5.74) is 2.45. The second kappa shape index (κ2) is 6.18. The van der Waals surface area contributed by atoms with Gasteiger partial charge in [-0.15, -0.1) is 0 Å². The number of aromatic nitrogens is 3. The molecular weight excluding hydrogens is 210 g/mol. The van der Waals surface area contributed by atoms with Crippen LogP contribution in [-0.4, -0.2) is 14.8 Å². The van der Waals surface area contributed by atoms with Crippen LogP contribution in [-0.2, 0) is 0 Å². The van der Waals surface area contributed by atoms with Gasteiger partial charge in [0.25, 0.3) is 0 Å². The Labute approximate surface area is 104 Å². The Balaban J connectivity index is 0.000000686. The zero-order valence-electron chi connectivity index (χ0n) is 11.3. The van der Waals surface area contributed by atoms with Crippen molar-refractivity contribution in [1.29, 1.82) is 0 Å². The summed E-state index contributed by atoms with van der Waals surface area (Å²) in [6.45, 7) is 10.4. The molecule has 0 unspecified atom stereocenters. The molecule has 0 bridgehead atoms. The molecule has 2 aromatic heterocycles. The van der Waals surface area contributed by atoms with E-state index in [9.17, 15) is 0 Å². The minimum atomic E-state index is 0.502. The van der Waals surface area contributed by atoms with Gasteiger partial charge in [0.15, 0.2) is 5.82 Å². The lowest BCUT2D eigenvalue weighted by Gasteiger charge is -2.05. The standard InChI is InChI=1S/C12H15N3.C2H6/c1-9(2)11-8-14-15(10(11)3)12-6-4-5-7-13-12;1-2/h4-9H,1-3H3;1-2H3. The van der Waals surface area contributed by atoms with Gasteiger partial charge in [-0.1, -0.05) is 33.8 Å². The van der Waals surface area contributed by atoms with Gasteiger partial charge < -0.3 is 0 Å². The van der Waals surface area contributed by atoms with E-state index in [4.69, 9.17) is 0 Å². The van der Waals surface area contributed by atoms with Crippen LogP contribution in [0.5, 0.6) is 0 Å². The fraction of sp³-hybridized carbons (Fsp3) is 0.429. The molecule has 0 N–H and O–H groups in total. The number of hydrogen-bond donors (Lipinski definition) is 0. The molecule has 17 heavy (non-hydrogen) atoms. The van der Waals surface area contributed by atoms with Crippen LogP contribution in [0.1, 0.15) is 44.9 Å². The second-order valence-electron chi connectivity index (χ2n) is 3.94. The van der Waals surface area contributed by atoms with Gasteiger partial charge in [0.05, 0.1) is 6.20 Å². The summed E-state index contributed by atoms with van der Waals surface area (Å²) >= 11 is 0. The van der Waals surface area contributed by atoms with E-state index in [2.05, 4.69) is 30.9 Å². The van der Waals surface area contributed by atoms with Crippen molar-refractivity contribution in [2.45, 2.75) is 40.5 Å². The second-order valence-corrected chi connectivity index (χ2v) is 3.94. The predicted octanol–water partition coefficient (Wildman–Crippen LogP) is 3.73. The summed E-state index contributed by atoms with van der Waals surface area (Å²) in [5.74, 6) is 1.38. The third kappa shape index (κ3) is 2.93. The Morgan fingerprint density at radius 3 is 2.35 bits per heavy atom. The van der Waals surface area contributed by atoms with Gasteiger partial charge >= 0.3 is 0 Å². The van der Waals surface area contributed by atoms with Crippen molar-refractivity contribution < 1.29 is 0 Å². The van der Waals surface area contributed by atoms with Gasteiger partial charge in [-0.3, -0.25) is 0 Å². The highest BCUT2D eigenvalue weighted by molar-refractivity contribution is 5.29. The first-order valence-corrected chi connectivity index (χ1v) is 6.16. The highest BCUT2D eigenvalue weighted by Gasteiger charge is 2.10. The predicted molar refractivity (Wildman–Crippen MR) is 71.5 cm³/mol. The smallest absolute Gasteiger partial charge is 0.153 e. The molecular formula is C14H21N3. The van der Waals surface area contributed by atoms with E-state index in [0.29, 0.717) is 5.92 Å². The Bertz CT molecular complexity index is 444. The molecule has 0 aromatic carbocycles. The van der Waals surface area contributed by atoms with Gasteiger partial charge in [0.1, 0.15) is 0 Å². The van der Waals surface area contributed by atoms with Crippen LogP contribution in [0.4, 0.5) is 0 Å². The highest BCUT2D eigenvalue weighted by atomic mass is 15.3. The Hall–Kier alpha value is -1.64. The summed E-state index contributed by atoms with van der Waals surface area (Å²) in [5, 5.41) is 4.36. The van der Waals surface area contributed by atoms with Crippen molar-refractivity contribution >= 4 is 0 Å². The van der Waals surface area contributed by atoms with Crippen LogP contribution >= 0.6 is 0 Å². The van der Waals surface area contributed by atoms with Crippen molar-refractivity contribution in [1.82, 2.24) is 14.8 Å².